The molecular weight excluding hydrogens is 380 g/mol. The fourth-order valence-electron chi connectivity index (χ4n) is 3.71. The van der Waals surface area contributed by atoms with Gasteiger partial charge in [0.25, 0.3) is 5.56 Å². The number of fused-ring (bicyclic) bond motifs is 1. The molecule has 0 radical (unpaired) electrons. The standard InChI is InChI=1S/C23H36N4O3/c1-4-11-21(28)26(15-10-6-5-9-14-24)18(2)22-25-20-13-8-7-12-19(20)23(29)27(22)16-17-30-3/h7-8,12-13,18H,4-6,9-11,14-17,24H2,1-3H3/t18-/m0/s1. The fraction of sp³-hybridized carbons (Fsp3) is 0.609. The van der Waals surface area contributed by atoms with Gasteiger partial charge in [-0.15, -0.1) is 0 Å². The van der Waals surface area contributed by atoms with Gasteiger partial charge in [0.15, 0.2) is 0 Å². The highest BCUT2D eigenvalue weighted by Gasteiger charge is 2.25. The predicted molar refractivity (Wildman–Crippen MR) is 120 cm³/mol. The number of ether oxygens (including phenoxy) is 1. The summed E-state index contributed by atoms with van der Waals surface area (Å²) >= 11 is 0. The SMILES string of the molecule is CCCC(=O)N(CCCCCCN)[C@@H](C)c1nc2ccccc2c(=O)n1CCOC. The zero-order valence-corrected chi connectivity index (χ0v) is 18.6. The molecule has 1 heterocycles. The second-order valence-electron chi connectivity index (χ2n) is 7.65. The quantitative estimate of drug-likeness (QED) is 0.506. The van der Waals surface area contributed by atoms with Gasteiger partial charge in [0.1, 0.15) is 5.82 Å². The van der Waals surface area contributed by atoms with E-state index in [1.807, 2.05) is 36.9 Å². The maximum absolute atomic E-state index is 13.2. The molecule has 1 amide bonds. The molecule has 1 atom stereocenters. The van der Waals surface area contributed by atoms with E-state index >= 15 is 0 Å². The van der Waals surface area contributed by atoms with E-state index in [9.17, 15) is 9.59 Å². The summed E-state index contributed by atoms with van der Waals surface area (Å²) in [5, 5.41) is 0.581. The van der Waals surface area contributed by atoms with Crippen molar-refractivity contribution in [3.63, 3.8) is 0 Å². The number of para-hydroxylation sites is 1. The number of benzene rings is 1. The van der Waals surface area contributed by atoms with Crippen molar-refractivity contribution in [1.82, 2.24) is 14.5 Å². The summed E-state index contributed by atoms with van der Waals surface area (Å²) in [6, 6.07) is 7.06. The molecule has 7 nitrogen and oxygen atoms in total. The van der Waals surface area contributed by atoms with E-state index in [-0.39, 0.29) is 17.5 Å². The Morgan fingerprint density at radius 1 is 1.23 bits per heavy atom. The number of amides is 1. The molecule has 1 aromatic carbocycles. The van der Waals surface area contributed by atoms with Gasteiger partial charge in [-0.3, -0.25) is 14.2 Å². The average molecular weight is 417 g/mol. The van der Waals surface area contributed by atoms with Gasteiger partial charge in [-0.25, -0.2) is 4.98 Å². The average Bonchev–Trinajstić information content (AvgIpc) is 2.75. The number of nitrogens with zero attached hydrogens (tertiary/aromatic N) is 3. The van der Waals surface area contributed by atoms with Crippen molar-refractivity contribution in [1.29, 1.82) is 0 Å². The van der Waals surface area contributed by atoms with Gasteiger partial charge >= 0.3 is 0 Å². The predicted octanol–water partition coefficient (Wildman–Crippen LogP) is 3.25. The van der Waals surface area contributed by atoms with E-state index in [0.29, 0.717) is 49.4 Å². The molecule has 30 heavy (non-hydrogen) atoms. The Morgan fingerprint density at radius 2 is 1.97 bits per heavy atom. The van der Waals surface area contributed by atoms with Crippen LogP contribution in [0.25, 0.3) is 10.9 Å². The molecule has 0 aliphatic carbocycles. The number of hydrogen-bond donors (Lipinski definition) is 1. The smallest absolute Gasteiger partial charge is 0.261 e. The molecule has 2 aromatic rings. The van der Waals surface area contributed by atoms with Gasteiger partial charge < -0.3 is 15.4 Å². The van der Waals surface area contributed by atoms with Crippen molar-refractivity contribution in [2.24, 2.45) is 5.73 Å². The molecule has 2 N–H and O–H groups in total. The minimum Gasteiger partial charge on any atom is -0.383 e. The lowest BCUT2D eigenvalue weighted by atomic mass is 10.1. The third-order valence-corrected chi connectivity index (χ3v) is 5.39. The van der Waals surface area contributed by atoms with Gasteiger partial charge in [0, 0.05) is 20.1 Å². The topological polar surface area (TPSA) is 90.5 Å². The summed E-state index contributed by atoms with van der Waals surface area (Å²) in [5.74, 6) is 0.715. The first kappa shape index (κ1) is 24.0. The van der Waals surface area contributed by atoms with Crippen LogP contribution in [0, 0.1) is 0 Å². The Balaban J connectivity index is 2.39. The molecule has 0 unspecified atom stereocenters. The van der Waals surface area contributed by atoms with Crippen LogP contribution in [0.1, 0.15) is 64.2 Å². The van der Waals surface area contributed by atoms with E-state index in [1.165, 1.54) is 0 Å². The molecular formula is C23H36N4O3. The number of rotatable bonds is 13. The van der Waals surface area contributed by atoms with Crippen molar-refractivity contribution < 1.29 is 9.53 Å². The van der Waals surface area contributed by atoms with Crippen LogP contribution in [0.5, 0.6) is 0 Å². The van der Waals surface area contributed by atoms with E-state index in [0.717, 1.165) is 32.1 Å². The fourth-order valence-corrected chi connectivity index (χ4v) is 3.71. The number of hydrogen-bond acceptors (Lipinski definition) is 5. The second-order valence-corrected chi connectivity index (χ2v) is 7.65. The van der Waals surface area contributed by atoms with Crippen LogP contribution in [0.4, 0.5) is 0 Å². The molecule has 0 spiro atoms. The summed E-state index contributed by atoms with van der Waals surface area (Å²) in [6.07, 6.45) is 5.28. The van der Waals surface area contributed by atoms with Crippen LogP contribution in [-0.4, -0.2) is 47.2 Å². The first-order valence-electron chi connectivity index (χ1n) is 11.0. The highest BCUT2D eigenvalue weighted by atomic mass is 16.5. The lowest BCUT2D eigenvalue weighted by Gasteiger charge is -2.30. The molecule has 0 aliphatic heterocycles. The normalized spacial score (nSPS) is 12.3. The molecule has 166 valence electrons. The number of carbonyl (C=O) groups is 1. The van der Waals surface area contributed by atoms with Crippen molar-refractivity contribution in [3.05, 3.63) is 40.4 Å². The molecule has 0 fully saturated rings. The number of aromatic nitrogens is 2. The number of unbranched alkanes of at least 4 members (excludes halogenated alkanes) is 3. The van der Waals surface area contributed by atoms with Crippen molar-refractivity contribution in [2.75, 3.05) is 26.8 Å². The summed E-state index contributed by atoms with van der Waals surface area (Å²) < 4.78 is 6.88. The van der Waals surface area contributed by atoms with E-state index in [4.69, 9.17) is 15.5 Å². The van der Waals surface area contributed by atoms with Gasteiger partial charge in [-0.2, -0.15) is 0 Å². The van der Waals surface area contributed by atoms with Crippen molar-refractivity contribution in [2.45, 2.75) is 65.0 Å². The third kappa shape index (κ3) is 6.12. The zero-order chi connectivity index (χ0) is 21.9. The van der Waals surface area contributed by atoms with Crippen LogP contribution in [0.2, 0.25) is 0 Å². The van der Waals surface area contributed by atoms with Gasteiger partial charge in [-0.05, 0) is 44.9 Å². The van der Waals surface area contributed by atoms with Crippen LogP contribution >= 0.6 is 0 Å². The highest BCUT2D eigenvalue weighted by molar-refractivity contribution is 5.78. The Hall–Kier alpha value is -2.25. The molecule has 0 aliphatic rings. The van der Waals surface area contributed by atoms with Gasteiger partial charge in [0.2, 0.25) is 5.91 Å². The lowest BCUT2D eigenvalue weighted by Crippen LogP contribution is -2.38. The largest absolute Gasteiger partial charge is 0.383 e. The van der Waals surface area contributed by atoms with Crippen LogP contribution in [0.15, 0.2) is 29.1 Å². The molecule has 7 heteroatoms. The van der Waals surface area contributed by atoms with Crippen molar-refractivity contribution in [3.8, 4) is 0 Å². The Kier molecular flexibility index (Phi) is 9.97. The van der Waals surface area contributed by atoms with Gasteiger partial charge in [0.05, 0.1) is 30.1 Å². The molecule has 0 bridgehead atoms. The molecule has 0 saturated carbocycles. The first-order valence-corrected chi connectivity index (χ1v) is 11.0. The summed E-state index contributed by atoms with van der Waals surface area (Å²) in [6.45, 7) is 6.12. The summed E-state index contributed by atoms with van der Waals surface area (Å²) in [4.78, 5) is 32.8. The Morgan fingerprint density at radius 3 is 2.67 bits per heavy atom. The molecule has 1 aromatic heterocycles. The van der Waals surface area contributed by atoms with Crippen LogP contribution in [-0.2, 0) is 16.1 Å². The second kappa shape index (κ2) is 12.4. The summed E-state index contributed by atoms with van der Waals surface area (Å²) in [5.41, 5.74) is 6.15. The Labute approximate surface area is 179 Å². The van der Waals surface area contributed by atoms with Crippen LogP contribution in [0.3, 0.4) is 0 Å². The number of nitrogens with two attached hydrogens (primary N) is 1. The highest BCUT2D eigenvalue weighted by Crippen LogP contribution is 2.22. The maximum Gasteiger partial charge on any atom is 0.261 e. The van der Waals surface area contributed by atoms with E-state index in [1.54, 1.807) is 17.7 Å². The minimum atomic E-state index is -0.298. The third-order valence-electron chi connectivity index (χ3n) is 5.39. The molecule has 2 rings (SSSR count). The minimum absolute atomic E-state index is 0.0923. The maximum atomic E-state index is 13.2. The van der Waals surface area contributed by atoms with Crippen LogP contribution < -0.4 is 11.3 Å². The number of methoxy groups -OCH3 is 1. The van der Waals surface area contributed by atoms with E-state index in [2.05, 4.69) is 0 Å². The number of carbonyl (C=O) groups excluding carboxylic acids is 1. The van der Waals surface area contributed by atoms with E-state index < -0.39 is 0 Å². The lowest BCUT2D eigenvalue weighted by molar-refractivity contribution is -0.133. The molecule has 0 saturated heterocycles. The van der Waals surface area contributed by atoms with Gasteiger partial charge in [-0.1, -0.05) is 31.9 Å². The van der Waals surface area contributed by atoms with Crippen molar-refractivity contribution >= 4 is 16.8 Å². The first-order chi connectivity index (χ1) is 14.5. The monoisotopic (exact) mass is 416 g/mol. The Bertz CT molecular complexity index is 865. The zero-order valence-electron chi connectivity index (χ0n) is 18.6. The summed E-state index contributed by atoms with van der Waals surface area (Å²) in [7, 11) is 1.61.